The molecule has 2 N–H and O–H groups in total. The molecule has 0 aliphatic heterocycles. The van der Waals surface area contributed by atoms with E-state index in [-0.39, 0.29) is 0 Å². The number of pyridine rings is 1. The second-order valence-corrected chi connectivity index (χ2v) is 5.39. The number of rotatable bonds is 3. The number of aromatic nitrogens is 1. The highest BCUT2D eigenvalue weighted by atomic mass is 35.5. The summed E-state index contributed by atoms with van der Waals surface area (Å²) in [7, 11) is -1.15. The van der Waals surface area contributed by atoms with Gasteiger partial charge in [-0.15, -0.1) is 0 Å². The molecule has 2 aromatic rings. The molecule has 0 bridgehead atoms. The second-order valence-electron chi connectivity index (χ2n) is 3.53. The van der Waals surface area contributed by atoms with E-state index in [0.717, 1.165) is 5.56 Å². The van der Waals surface area contributed by atoms with Crippen LogP contribution in [-0.4, -0.2) is 9.19 Å². The van der Waals surface area contributed by atoms with Crippen LogP contribution in [-0.2, 0) is 16.6 Å². The fourth-order valence-electron chi connectivity index (χ4n) is 1.40. The number of nitrogens with two attached hydrogens (primary N) is 1. The number of nitrogen functional groups attached to an aromatic ring is 1. The molecule has 88 valence electrons. The summed E-state index contributed by atoms with van der Waals surface area (Å²) in [5.74, 6) is 0.366. The van der Waals surface area contributed by atoms with E-state index in [2.05, 4.69) is 4.98 Å². The summed E-state index contributed by atoms with van der Waals surface area (Å²) in [4.78, 5) is 4.59. The van der Waals surface area contributed by atoms with Gasteiger partial charge in [0.1, 0.15) is 0 Å². The van der Waals surface area contributed by atoms with Crippen LogP contribution in [0, 0.1) is 0 Å². The van der Waals surface area contributed by atoms with Gasteiger partial charge in [-0.05, 0) is 29.8 Å². The number of halogens is 1. The van der Waals surface area contributed by atoms with E-state index < -0.39 is 10.8 Å². The van der Waals surface area contributed by atoms with Crippen molar-refractivity contribution in [2.24, 2.45) is 0 Å². The minimum atomic E-state index is -1.15. The lowest BCUT2D eigenvalue weighted by atomic mass is 10.3. The molecule has 1 aromatic carbocycles. The first kappa shape index (κ1) is 12.1. The Morgan fingerprint density at radius 1 is 1.35 bits per heavy atom. The molecule has 1 unspecified atom stereocenters. The summed E-state index contributed by atoms with van der Waals surface area (Å²) >= 11 is 5.97. The Balaban J connectivity index is 2.20. The van der Waals surface area contributed by atoms with Gasteiger partial charge in [0.15, 0.2) is 0 Å². The summed E-state index contributed by atoms with van der Waals surface area (Å²) in [5, 5.41) is 0.532. The zero-order valence-corrected chi connectivity index (χ0v) is 10.5. The Morgan fingerprint density at radius 3 is 2.88 bits per heavy atom. The van der Waals surface area contributed by atoms with Crippen molar-refractivity contribution in [2.75, 3.05) is 5.73 Å². The van der Waals surface area contributed by atoms with Crippen LogP contribution in [0.5, 0.6) is 0 Å². The summed E-state index contributed by atoms with van der Waals surface area (Å²) < 4.78 is 12.1. The molecule has 1 atom stereocenters. The van der Waals surface area contributed by atoms with Gasteiger partial charge in [0.05, 0.1) is 21.6 Å². The van der Waals surface area contributed by atoms with Crippen LogP contribution in [0.25, 0.3) is 0 Å². The van der Waals surface area contributed by atoms with E-state index in [4.69, 9.17) is 17.3 Å². The summed E-state index contributed by atoms with van der Waals surface area (Å²) in [6.07, 6.45) is 3.19. The quantitative estimate of drug-likeness (QED) is 0.869. The molecule has 1 aromatic heterocycles. The van der Waals surface area contributed by atoms with Crippen molar-refractivity contribution < 1.29 is 4.21 Å². The Kier molecular flexibility index (Phi) is 3.76. The highest BCUT2D eigenvalue weighted by Crippen LogP contribution is 2.19. The fourth-order valence-corrected chi connectivity index (χ4v) is 2.87. The topological polar surface area (TPSA) is 56.0 Å². The van der Waals surface area contributed by atoms with Crippen LogP contribution < -0.4 is 5.73 Å². The Morgan fingerprint density at radius 2 is 2.18 bits per heavy atom. The maximum absolute atomic E-state index is 12.1. The lowest BCUT2D eigenvalue weighted by Crippen LogP contribution is -1.98. The average molecular weight is 267 g/mol. The first-order chi connectivity index (χ1) is 8.16. The van der Waals surface area contributed by atoms with E-state index in [1.807, 2.05) is 0 Å². The van der Waals surface area contributed by atoms with Crippen molar-refractivity contribution in [3.63, 3.8) is 0 Å². The number of benzene rings is 1. The van der Waals surface area contributed by atoms with Crippen LogP contribution in [0.3, 0.4) is 0 Å². The normalized spacial score (nSPS) is 12.3. The van der Waals surface area contributed by atoms with Crippen LogP contribution in [0.4, 0.5) is 5.69 Å². The molecule has 0 amide bonds. The third-order valence-corrected chi connectivity index (χ3v) is 3.96. The smallest absolute Gasteiger partial charge is 0.0630 e. The van der Waals surface area contributed by atoms with Gasteiger partial charge >= 0.3 is 0 Å². The molecule has 0 fully saturated rings. The number of hydrogen-bond donors (Lipinski definition) is 1. The lowest BCUT2D eigenvalue weighted by molar-refractivity contribution is 0.682. The number of nitrogens with zero attached hydrogens (tertiary/aromatic N) is 1. The van der Waals surface area contributed by atoms with Crippen molar-refractivity contribution in [1.82, 2.24) is 4.98 Å². The number of hydrogen-bond acceptors (Lipinski definition) is 3. The zero-order valence-electron chi connectivity index (χ0n) is 8.97. The Bertz CT molecular complexity index is 560. The molecule has 0 radical (unpaired) electrons. The minimum absolute atomic E-state index is 0.366. The van der Waals surface area contributed by atoms with Gasteiger partial charge in [-0.1, -0.05) is 17.7 Å². The first-order valence-electron chi connectivity index (χ1n) is 4.99. The summed E-state index contributed by atoms with van der Waals surface area (Å²) in [6, 6.07) is 8.83. The highest BCUT2D eigenvalue weighted by molar-refractivity contribution is 7.84. The molecule has 17 heavy (non-hydrogen) atoms. The monoisotopic (exact) mass is 266 g/mol. The molecule has 0 aliphatic rings. The van der Waals surface area contributed by atoms with Crippen LogP contribution in [0.2, 0.25) is 5.02 Å². The van der Waals surface area contributed by atoms with Crippen molar-refractivity contribution in [3.8, 4) is 0 Å². The first-order valence-corrected chi connectivity index (χ1v) is 6.69. The van der Waals surface area contributed by atoms with Gasteiger partial charge in [-0.25, -0.2) is 0 Å². The van der Waals surface area contributed by atoms with Crippen molar-refractivity contribution in [1.29, 1.82) is 0 Å². The summed E-state index contributed by atoms with van der Waals surface area (Å²) in [5.41, 5.74) is 7.08. The van der Waals surface area contributed by atoms with Gasteiger partial charge in [0.2, 0.25) is 0 Å². The summed E-state index contributed by atoms with van der Waals surface area (Å²) in [6.45, 7) is 0. The molecular formula is C12H11ClN2OS. The molecule has 0 aliphatic carbocycles. The lowest BCUT2D eigenvalue weighted by Gasteiger charge is -2.04. The van der Waals surface area contributed by atoms with Crippen molar-refractivity contribution in [2.45, 2.75) is 10.6 Å². The predicted octanol–water partition coefficient (Wildman–Crippen LogP) is 2.63. The molecule has 1 heterocycles. The third-order valence-electron chi connectivity index (χ3n) is 2.26. The number of anilines is 1. The minimum Gasteiger partial charge on any atom is -0.399 e. The maximum Gasteiger partial charge on any atom is 0.0630 e. The van der Waals surface area contributed by atoms with Gasteiger partial charge in [-0.2, -0.15) is 0 Å². The van der Waals surface area contributed by atoms with Crippen molar-refractivity contribution in [3.05, 3.63) is 53.3 Å². The zero-order chi connectivity index (χ0) is 12.3. The maximum atomic E-state index is 12.1. The molecule has 2 rings (SSSR count). The highest BCUT2D eigenvalue weighted by Gasteiger charge is 2.08. The van der Waals surface area contributed by atoms with Crippen LogP contribution >= 0.6 is 11.6 Å². The molecule has 5 heteroatoms. The van der Waals surface area contributed by atoms with Gasteiger partial charge in [-0.3, -0.25) is 9.19 Å². The molecule has 0 saturated heterocycles. The second kappa shape index (κ2) is 5.29. The Labute approximate surface area is 107 Å². The Hall–Kier alpha value is -1.39. The molecule has 3 nitrogen and oxygen atoms in total. The van der Waals surface area contributed by atoms with E-state index in [1.54, 1.807) is 42.7 Å². The molecule has 0 spiro atoms. The van der Waals surface area contributed by atoms with E-state index in [9.17, 15) is 4.21 Å². The van der Waals surface area contributed by atoms with E-state index in [0.29, 0.717) is 21.4 Å². The molecule has 0 saturated carbocycles. The fraction of sp³-hybridized carbons (Fsp3) is 0.0833. The largest absolute Gasteiger partial charge is 0.399 e. The van der Waals surface area contributed by atoms with Crippen LogP contribution in [0.15, 0.2) is 47.6 Å². The molecular weight excluding hydrogens is 256 g/mol. The SMILES string of the molecule is Nc1cccc(S(=O)Cc2ccncc2Cl)c1. The van der Waals surface area contributed by atoms with E-state index >= 15 is 0 Å². The predicted molar refractivity (Wildman–Crippen MR) is 70.2 cm³/mol. The van der Waals surface area contributed by atoms with Crippen molar-refractivity contribution >= 4 is 28.1 Å². The third kappa shape index (κ3) is 3.05. The van der Waals surface area contributed by atoms with Gasteiger partial charge in [0, 0.05) is 23.0 Å². The van der Waals surface area contributed by atoms with E-state index in [1.165, 1.54) is 0 Å². The van der Waals surface area contributed by atoms with Crippen LogP contribution in [0.1, 0.15) is 5.56 Å². The average Bonchev–Trinajstić information content (AvgIpc) is 2.32. The van der Waals surface area contributed by atoms with Gasteiger partial charge < -0.3 is 5.73 Å². The standard InChI is InChI=1S/C12H11ClN2OS/c13-12-7-15-5-4-9(12)8-17(16)11-3-1-2-10(14)6-11/h1-7H,8,14H2. The van der Waals surface area contributed by atoms with Gasteiger partial charge in [0.25, 0.3) is 0 Å².